The zero-order valence-electron chi connectivity index (χ0n) is 11.0. The Morgan fingerprint density at radius 1 is 1.44 bits per heavy atom. The molecule has 0 aromatic heterocycles. The molecule has 0 bridgehead atoms. The summed E-state index contributed by atoms with van der Waals surface area (Å²) in [6, 6.07) is 8.04. The number of hydrogen-bond donors (Lipinski definition) is 1. The smallest absolute Gasteiger partial charge is 0.119 e. The Kier molecular flexibility index (Phi) is 4.99. The number of nitrogens with one attached hydrogen (secondary N) is 1. The van der Waals surface area contributed by atoms with Crippen LogP contribution in [0.15, 0.2) is 24.3 Å². The van der Waals surface area contributed by atoms with Crippen LogP contribution in [0.3, 0.4) is 0 Å². The summed E-state index contributed by atoms with van der Waals surface area (Å²) in [6.45, 7) is 5.24. The van der Waals surface area contributed by atoms with Crippen molar-refractivity contribution in [1.29, 1.82) is 0 Å². The van der Waals surface area contributed by atoms with Gasteiger partial charge in [-0.15, -0.1) is 0 Å². The highest BCUT2D eigenvalue weighted by Gasteiger charge is 2.24. The maximum atomic E-state index is 6.03. The molecule has 18 heavy (non-hydrogen) atoms. The number of benzene rings is 1. The predicted octanol–water partition coefficient (Wildman–Crippen LogP) is 1.76. The molecular weight excluding hydrogens is 230 g/mol. The molecule has 0 radical (unpaired) electrons. The van der Waals surface area contributed by atoms with Gasteiger partial charge in [-0.2, -0.15) is 0 Å². The molecule has 0 amide bonds. The van der Waals surface area contributed by atoms with Crippen LogP contribution in [-0.4, -0.2) is 39.5 Å². The zero-order chi connectivity index (χ0) is 12.8. The van der Waals surface area contributed by atoms with Crippen molar-refractivity contribution in [1.82, 2.24) is 5.32 Å². The fourth-order valence-corrected chi connectivity index (χ4v) is 1.89. The SMILES string of the molecule is CCNCC(OC1COC1)c1cccc(OC)c1. The first kappa shape index (κ1) is 13.3. The Morgan fingerprint density at radius 2 is 2.28 bits per heavy atom. The van der Waals surface area contributed by atoms with Gasteiger partial charge in [0.05, 0.1) is 26.4 Å². The van der Waals surface area contributed by atoms with Crippen molar-refractivity contribution >= 4 is 0 Å². The lowest BCUT2D eigenvalue weighted by Gasteiger charge is -2.31. The van der Waals surface area contributed by atoms with Crippen LogP contribution in [0.25, 0.3) is 0 Å². The van der Waals surface area contributed by atoms with Crippen LogP contribution in [0.5, 0.6) is 5.75 Å². The Hall–Kier alpha value is -1.10. The number of methoxy groups -OCH3 is 1. The Balaban J connectivity index is 2.04. The largest absolute Gasteiger partial charge is 0.497 e. The quantitative estimate of drug-likeness (QED) is 0.801. The Morgan fingerprint density at radius 3 is 2.89 bits per heavy atom. The minimum atomic E-state index is 0.0500. The third-order valence-electron chi connectivity index (χ3n) is 3.01. The van der Waals surface area contributed by atoms with Gasteiger partial charge in [-0.1, -0.05) is 19.1 Å². The molecule has 1 unspecified atom stereocenters. The first-order chi connectivity index (χ1) is 8.83. The van der Waals surface area contributed by atoms with E-state index >= 15 is 0 Å². The van der Waals surface area contributed by atoms with Crippen LogP contribution in [-0.2, 0) is 9.47 Å². The average Bonchev–Trinajstić information content (AvgIpc) is 2.37. The van der Waals surface area contributed by atoms with E-state index in [4.69, 9.17) is 14.2 Å². The van der Waals surface area contributed by atoms with Crippen LogP contribution in [0.2, 0.25) is 0 Å². The maximum absolute atomic E-state index is 6.03. The summed E-state index contributed by atoms with van der Waals surface area (Å²) in [5.74, 6) is 0.863. The predicted molar refractivity (Wildman–Crippen MR) is 70.0 cm³/mol. The van der Waals surface area contributed by atoms with Crippen molar-refractivity contribution < 1.29 is 14.2 Å². The molecule has 1 heterocycles. The molecule has 100 valence electrons. The van der Waals surface area contributed by atoms with Crippen LogP contribution >= 0.6 is 0 Å². The average molecular weight is 251 g/mol. The van der Waals surface area contributed by atoms with Gasteiger partial charge in [0.1, 0.15) is 11.9 Å². The second-order valence-electron chi connectivity index (χ2n) is 4.37. The Bertz CT molecular complexity index is 366. The topological polar surface area (TPSA) is 39.7 Å². The second-order valence-corrected chi connectivity index (χ2v) is 4.37. The first-order valence-corrected chi connectivity index (χ1v) is 6.41. The lowest BCUT2D eigenvalue weighted by molar-refractivity contribution is -0.155. The molecule has 4 heteroatoms. The molecule has 0 saturated carbocycles. The van der Waals surface area contributed by atoms with Gasteiger partial charge in [-0.05, 0) is 24.2 Å². The van der Waals surface area contributed by atoms with Gasteiger partial charge in [-0.25, -0.2) is 0 Å². The summed E-state index contributed by atoms with van der Waals surface area (Å²) in [4.78, 5) is 0. The van der Waals surface area contributed by atoms with Gasteiger partial charge in [0.2, 0.25) is 0 Å². The number of hydrogen-bond acceptors (Lipinski definition) is 4. The number of likely N-dealkylation sites (N-methyl/N-ethyl adjacent to an activating group) is 1. The van der Waals surface area contributed by atoms with Crippen molar-refractivity contribution in [2.24, 2.45) is 0 Å². The third-order valence-corrected chi connectivity index (χ3v) is 3.01. The van der Waals surface area contributed by atoms with E-state index in [1.54, 1.807) is 7.11 Å². The third kappa shape index (κ3) is 3.45. The van der Waals surface area contributed by atoms with Gasteiger partial charge in [0, 0.05) is 6.54 Å². The van der Waals surface area contributed by atoms with Crippen molar-refractivity contribution in [3.8, 4) is 5.75 Å². The summed E-state index contributed by atoms with van der Waals surface area (Å²) in [6.07, 6.45) is 0.272. The molecule has 1 aromatic carbocycles. The van der Waals surface area contributed by atoms with Crippen LogP contribution < -0.4 is 10.1 Å². The van der Waals surface area contributed by atoms with Crippen LogP contribution in [0.1, 0.15) is 18.6 Å². The highest BCUT2D eigenvalue weighted by Crippen LogP contribution is 2.24. The van der Waals surface area contributed by atoms with Gasteiger partial charge >= 0.3 is 0 Å². The summed E-state index contributed by atoms with van der Waals surface area (Å²) in [5.41, 5.74) is 1.14. The molecule has 2 rings (SSSR count). The summed E-state index contributed by atoms with van der Waals surface area (Å²) in [5, 5.41) is 3.33. The summed E-state index contributed by atoms with van der Waals surface area (Å²) in [7, 11) is 1.68. The van der Waals surface area contributed by atoms with Crippen LogP contribution in [0.4, 0.5) is 0 Å². The van der Waals surface area contributed by atoms with Crippen molar-refractivity contribution in [3.63, 3.8) is 0 Å². The van der Waals surface area contributed by atoms with E-state index in [9.17, 15) is 0 Å². The van der Waals surface area contributed by atoms with E-state index in [1.807, 2.05) is 18.2 Å². The van der Waals surface area contributed by atoms with Gasteiger partial charge in [-0.3, -0.25) is 0 Å². The van der Waals surface area contributed by atoms with E-state index in [-0.39, 0.29) is 12.2 Å². The molecular formula is C14H21NO3. The molecule has 1 aromatic rings. The summed E-state index contributed by atoms with van der Waals surface area (Å²) < 4.78 is 16.4. The van der Waals surface area contributed by atoms with E-state index in [2.05, 4.69) is 18.3 Å². The first-order valence-electron chi connectivity index (χ1n) is 6.41. The second kappa shape index (κ2) is 6.73. The molecule has 1 fully saturated rings. The molecule has 1 N–H and O–H groups in total. The van der Waals surface area contributed by atoms with Gasteiger partial charge in [0.25, 0.3) is 0 Å². The van der Waals surface area contributed by atoms with E-state index in [0.717, 1.165) is 24.4 Å². The molecule has 0 spiro atoms. The molecule has 4 nitrogen and oxygen atoms in total. The molecule has 0 aliphatic carbocycles. The Labute approximate surface area is 108 Å². The van der Waals surface area contributed by atoms with Crippen molar-refractivity contribution in [3.05, 3.63) is 29.8 Å². The lowest BCUT2D eigenvalue weighted by Crippen LogP contribution is -2.39. The molecule has 1 saturated heterocycles. The molecule has 1 aliphatic heterocycles. The van der Waals surface area contributed by atoms with Gasteiger partial charge < -0.3 is 19.5 Å². The van der Waals surface area contributed by atoms with E-state index in [0.29, 0.717) is 13.2 Å². The maximum Gasteiger partial charge on any atom is 0.119 e. The fourth-order valence-electron chi connectivity index (χ4n) is 1.89. The zero-order valence-corrected chi connectivity index (χ0v) is 11.0. The van der Waals surface area contributed by atoms with Crippen molar-refractivity contribution in [2.45, 2.75) is 19.1 Å². The number of ether oxygens (including phenoxy) is 3. The highest BCUT2D eigenvalue weighted by atomic mass is 16.6. The minimum absolute atomic E-state index is 0.0500. The van der Waals surface area contributed by atoms with E-state index < -0.39 is 0 Å². The van der Waals surface area contributed by atoms with Gasteiger partial charge in [0.15, 0.2) is 0 Å². The van der Waals surface area contributed by atoms with Crippen molar-refractivity contribution in [2.75, 3.05) is 33.4 Å². The van der Waals surface area contributed by atoms with E-state index in [1.165, 1.54) is 0 Å². The molecule has 1 atom stereocenters. The highest BCUT2D eigenvalue weighted by molar-refractivity contribution is 5.30. The standard InChI is InChI=1S/C14H21NO3/c1-3-15-8-14(18-13-9-17-10-13)11-5-4-6-12(7-11)16-2/h4-7,13-15H,3,8-10H2,1-2H3. The lowest BCUT2D eigenvalue weighted by atomic mass is 10.1. The monoisotopic (exact) mass is 251 g/mol. The minimum Gasteiger partial charge on any atom is -0.497 e. The van der Waals surface area contributed by atoms with Crippen LogP contribution in [0, 0.1) is 0 Å². The fraction of sp³-hybridized carbons (Fsp3) is 0.571. The normalized spacial score (nSPS) is 17.2. The molecule has 1 aliphatic rings. The summed E-state index contributed by atoms with van der Waals surface area (Å²) >= 11 is 0. The number of rotatable bonds is 7.